The van der Waals surface area contributed by atoms with Gasteiger partial charge in [0.05, 0.1) is 5.69 Å². The van der Waals surface area contributed by atoms with Crippen LogP contribution in [0.1, 0.15) is 11.1 Å². The Balaban J connectivity index is 2.02. The Morgan fingerprint density at radius 2 is 1.70 bits per heavy atom. The second kappa shape index (κ2) is 4.50. The molecule has 2 aromatic carbocycles. The maximum absolute atomic E-state index is 11.7. The van der Waals surface area contributed by atoms with Crippen molar-refractivity contribution in [2.45, 2.75) is 18.0 Å². The van der Waals surface area contributed by atoms with Gasteiger partial charge in [0.1, 0.15) is 4.90 Å². The van der Waals surface area contributed by atoms with Crippen molar-refractivity contribution in [1.29, 1.82) is 0 Å². The van der Waals surface area contributed by atoms with Crippen LogP contribution in [0.4, 0.5) is 11.4 Å². The summed E-state index contributed by atoms with van der Waals surface area (Å²) in [5.74, 6) is 0. The van der Waals surface area contributed by atoms with E-state index in [1.54, 1.807) is 18.2 Å². The van der Waals surface area contributed by atoms with Gasteiger partial charge in [0, 0.05) is 18.8 Å². The first-order chi connectivity index (χ1) is 9.45. The van der Waals surface area contributed by atoms with Gasteiger partial charge in [-0.05, 0) is 35.4 Å². The largest absolute Gasteiger partial charge is 0.399 e. The zero-order chi connectivity index (χ0) is 14.3. The number of fused-ring (bicyclic) bond motifs is 1. The molecule has 0 saturated heterocycles. The molecule has 1 aliphatic rings. The minimum Gasteiger partial charge on any atom is -0.399 e. The lowest BCUT2D eigenvalue weighted by atomic mass is 10.1. The molecule has 3 rings (SSSR count). The van der Waals surface area contributed by atoms with Crippen molar-refractivity contribution in [3.05, 3.63) is 53.6 Å². The smallest absolute Gasteiger partial charge is 0.240 e. The molecule has 104 valence electrons. The Labute approximate surface area is 117 Å². The molecule has 1 aliphatic heterocycles. The summed E-state index contributed by atoms with van der Waals surface area (Å²) in [4.78, 5) is 2.14. The zero-order valence-corrected chi connectivity index (χ0v) is 11.6. The van der Waals surface area contributed by atoms with Crippen molar-refractivity contribution in [1.82, 2.24) is 0 Å². The fourth-order valence-corrected chi connectivity index (χ4v) is 3.30. The zero-order valence-electron chi connectivity index (χ0n) is 10.8. The van der Waals surface area contributed by atoms with Gasteiger partial charge in [-0.2, -0.15) is 0 Å². The molecule has 0 unspecified atom stereocenters. The van der Waals surface area contributed by atoms with Gasteiger partial charge >= 0.3 is 0 Å². The normalized spacial score (nSPS) is 14.3. The van der Waals surface area contributed by atoms with Crippen LogP contribution in [-0.2, 0) is 23.1 Å². The van der Waals surface area contributed by atoms with Crippen molar-refractivity contribution in [3.8, 4) is 0 Å². The first-order valence-corrected chi connectivity index (χ1v) is 7.74. The van der Waals surface area contributed by atoms with Crippen molar-refractivity contribution in [2.24, 2.45) is 5.14 Å². The van der Waals surface area contributed by atoms with Crippen molar-refractivity contribution >= 4 is 21.4 Å². The van der Waals surface area contributed by atoms with Crippen LogP contribution in [-0.4, -0.2) is 8.42 Å². The maximum Gasteiger partial charge on any atom is 0.240 e. The molecule has 0 amide bonds. The predicted molar refractivity (Wildman–Crippen MR) is 78.6 cm³/mol. The molecule has 0 radical (unpaired) electrons. The summed E-state index contributed by atoms with van der Waals surface area (Å²) in [5.41, 5.74) is 9.40. The SMILES string of the molecule is Nc1ccc2c(c1)CN(c1ccccc1S(N)(=O)=O)C2. The van der Waals surface area contributed by atoms with Crippen LogP contribution in [0.25, 0.3) is 0 Å². The molecule has 6 heteroatoms. The molecule has 5 nitrogen and oxygen atoms in total. The number of nitrogens with two attached hydrogens (primary N) is 2. The molecule has 20 heavy (non-hydrogen) atoms. The highest BCUT2D eigenvalue weighted by molar-refractivity contribution is 7.89. The van der Waals surface area contributed by atoms with Gasteiger partial charge in [0.25, 0.3) is 0 Å². The number of rotatable bonds is 2. The van der Waals surface area contributed by atoms with E-state index in [2.05, 4.69) is 0 Å². The number of benzene rings is 2. The van der Waals surface area contributed by atoms with Crippen molar-refractivity contribution in [3.63, 3.8) is 0 Å². The van der Waals surface area contributed by atoms with Crippen LogP contribution >= 0.6 is 0 Å². The third kappa shape index (κ3) is 2.23. The molecule has 0 aliphatic carbocycles. The minimum atomic E-state index is -3.73. The Bertz CT molecular complexity index is 772. The molecular weight excluding hydrogens is 274 g/mol. The highest BCUT2D eigenvalue weighted by Gasteiger charge is 2.24. The van der Waals surface area contributed by atoms with Gasteiger partial charge in [0.2, 0.25) is 10.0 Å². The van der Waals surface area contributed by atoms with Crippen LogP contribution in [0, 0.1) is 0 Å². The van der Waals surface area contributed by atoms with Gasteiger partial charge in [-0.15, -0.1) is 0 Å². The lowest BCUT2D eigenvalue weighted by Gasteiger charge is -2.20. The van der Waals surface area contributed by atoms with Gasteiger partial charge in [-0.25, -0.2) is 13.6 Å². The Kier molecular flexibility index (Phi) is 2.92. The second-order valence-corrected chi connectivity index (χ2v) is 6.43. The minimum absolute atomic E-state index is 0.153. The highest BCUT2D eigenvalue weighted by atomic mass is 32.2. The predicted octanol–water partition coefficient (Wildman–Crippen LogP) is 1.44. The molecular formula is C14H15N3O2S. The van der Waals surface area contributed by atoms with E-state index in [0.29, 0.717) is 24.5 Å². The second-order valence-electron chi connectivity index (χ2n) is 4.90. The van der Waals surface area contributed by atoms with E-state index < -0.39 is 10.0 Å². The lowest BCUT2D eigenvalue weighted by Crippen LogP contribution is -2.21. The Hall–Kier alpha value is -2.05. The number of para-hydroxylation sites is 1. The molecule has 0 saturated carbocycles. The average molecular weight is 289 g/mol. The maximum atomic E-state index is 11.7. The van der Waals surface area contributed by atoms with E-state index in [1.165, 1.54) is 6.07 Å². The topological polar surface area (TPSA) is 89.4 Å². The number of hydrogen-bond acceptors (Lipinski definition) is 4. The number of primary sulfonamides is 1. The number of sulfonamides is 1. The summed E-state index contributed by atoms with van der Waals surface area (Å²) < 4.78 is 23.3. The summed E-state index contributed by atoms with van der Waals surface area (Å²) in [6.07, 6.45) is 0. The first-order valence-electron chi connectivity index (χ1n) is 6.19. The van der Waals surface area contributed by atoms with E-state index in [1.807, 2.05) is 23.1 Å². The number of nitrogens with zero attached hydrogens (tertiary/aromatic N) is 1. The third-order valence-electron chi connectivity index (χ3n) is 3.47. The summed E-state index contributed by atoms with van der Waals surface area (Å²) in [6.45, 7) is 1.29. The Morgan fingerprint density at radius 3 is 2.45 bits per heavy atom. The Morgan fingerprint density at radius 1 is 1.00 bits per heavy atom. The summed E-state index contributed by atoms with van der Waals surface area (Å²) in [6, 6.07) is 12.5. The first kappa shape index (κ1) is 13.0. The van der Waals surface area contributed by atoms with Crippen LogP contribution in [0.3, 0.4) is 0 Å². The number of hydrogen-bond donors (Lipinski definition) is 2. The average Bonchev–Trinajstić information content (AvgIpc) is 2.80. The van der Waals surface area contributed by atoms with Crippen molar-refractivity contribution in [2.75, 3.05) is 10.6 Å². The fourth-order valence-electron chi connectivity index (χ4n) is 2.54. The fraction of sp³-hybridized carbons (Fsp3) is 0.143. The van der Waals surface area contributed by atoms with Gasteiger partial charge in [-0.3, -0.25) is 0 Å². The summed E-state index contributed by atoms with van der Waals surface area (Å²) in [7, 11) is -3.73. The van der Waals surface area contributed by atoms with Crippen molar-refractivity contribution < 1.29 is 8.42 Å². The van der Waals surface area contributed by atoms with Crippen LogP contribution in [0.5, 0.6) is 0 Å². The van der Waals surface area contributed by atoms with Gasteiger partial charge < -0.3 is 10.6 Å². The molecule has 2 aromatic rings. The van der Waals surface area contributed by atoms with Gasteiger partial charge in [0.15, 0.2) is 0 Å². The monoisotopic (exact) mass is 289 g/mol. The van der Waals surface area contributed by atoms with E-state index in [0.717, 1.165) is 11.1 Å². The molecule has 0 fully saturated rings. The molecule has 0 aromatic heterocycles. The van der Waals surface area contributed by atoms with E-state index >= 15 is 0 Å². The highest BCUT2D eigenvalue weighted by Crippen LogP contribution is 2.32. The molecule has 4 N–H and O–H groups in total. The molecule has 1 heterocycles. The summed E-state index contributed by atoms with van der Waals surface area (Å²) >= 11 is 0. The number of nitrogen functional groups attached to an aromatic ring is 1. The van der Waals surface area contributed by atoms with Crippen LogP contribution in [0.15, 0.2) is 47.4 Å². The van der Waals surface area contributed by atoms with E-state index in [-0.39, 0.29) is 4.90 Å². The lowest BCUT2D eigenvalue weighted by molar-refractivity contribution is 0.597. The molecule has 0 atom stereocenters. The van der Waals surface area contributed by atoms with Gasteiger partial charge in [-0.1, -0.05) is 18.2 Å². The summed E-state index contributed by atoms with van der Waals surface area (Å²) in [5, 5.41) is 5.28. The molecule has 0 bridgehead atoms. The van der Waals surface area contributed by atoms with Crippen LogP contribution in [0.2, 0.25) is 0 Å². The molecule has 0 spiro atoms. The third-order valence-corrected chi connectivity index (χ3v) is 4.42. The number of anilines is 2. The van der Waals surface area contributed by atoms with E-state index in [4.69, 9.17) is 10.9 Å². The van der Waals surface area contributed by atoms with Crippen LogP contribution < -0.4 is 15.8 Å². The quantitative estimate of drug-likeness (QED) is 0.819. The standard InChI is InChI=1S/C14H15N3O2S/c15-12-6-5-10-8-17(9-11(10)7-12)13-3-1-2-4-14(13)20(16,18)19/h1-7H,8-9,15H2,(H2,16,18,19). The van der Waals surface area contributed by atoms with E-state index in [9.17, 15) is 8.42 Å².